The summed E-state index contributed by atoms with van der Waals surface area (Å²) in [5.74, 6) is 3.06. The summed E-state index contributed by atoms with van der Waals surface area (Å²) in [6.07, 6.45) is 3.11. The van der Waals surface area contributed by atoms with Crippen molar-refractivity contribution in [2.45, 2.75) is 45.1 Å². The first-order valence-corrected chi connectivity index (χ1v) is 9.61. The summed E-state index contributed by atoms with van der Waals surface area (Å²) in [4.78, 5) is 16.3. The molecule has 2 fully saturated rings. The Bertz CT molecular complexity index is 601. The van der Waals surface area contributed by atoms with E-state index in [0.29, 0.717) is 36.3 Å². The van der Waals surface area contributed by atoms with Crippen molar-refractivity contribution in [2.75, 3.05) is 33.8 Å². The molecule has 0 aromatic heterocycles. The predicted molar refractivity (Wildman–Crippen MR) is 101 cm³/mol. The predicted octanol–water partition coefficient (Wildman–Crippen LogP) is 3.38. The van der Waals surface area contributed by atoms with Gasteiger partial charge in [0.25, 0.3) is 0 Å². The van der Waals surface area contributed by atoms with E-state index in [-0.39, 0.29) is 0 Å². The standard InChI is InChI=1S/C21H32N2O2/c1-15(2)19-7-5-6-8-20(19)25-10-9-22(3)18-11-16-13-21(24)23(4)14-17(16)12-18/h5-8,15-18H,9-14H2,1-4H3/t16-,17+,18-/m0/s1. The van der Waals surface area contributed by atoms with Crippen molar-refractivity contribution in [1.29, 1.82) is 0 Å². The van der Waals surface area contributed by atoms with Crippen molar-refractivity contribution in [1.82, 2.24) is 9.80 Å². The smallest absolute Gasteiger partial charge is 0.222 e. The van der Waals surface area contributed by atoms with Gasteiger partial charge in [-0.05, 0) is 49.3 Å². The zero-order chi connectivity index (χ0) is 18.0. The number of hydrogen-bond donors (Lipinski definition) is 0. The Morgan fingerprint density at radius 1 is 1.24 bits per heavy atom. The van der Waals surface area contributed by atoms with Crippen LogP contribution in [0.5, 0.6) is 5.75 Å². The first kappa shape index (κ1) is 18.2. The van der Waals surface area contributed by atoms with E-state index >= 15 is 0 Å². The van der Waals surface area contributed by atoms with Gasteiger partial charge in [0, 0.05) is 32.6 Å². The van der Waals surface area contributed by atoms with Gasteiger partial charge in [-0.3, -0.25) is 4.79 Å². The Kier molecular flexibility index (Phi) is 5.67. The molecule has 0 spiro atoms. The number of likely N-dealkylation sites (N-methyl/N-ethyl adjacent to an activating group) is 1. The molecular weight excluding hydrogens is 312 g/mol. The second-order valence-corrected chi connectivity index (χ2v) is 8.15. The number of ether oxygens (including phenoxy) is 1. The van der Waals surface area contributed by atoms with Crippen LogP contribution in [0.15, 0.2) is 24.3 Å². The summed E-state index contributed by atoms with van der Waals surface area (Å²) in [6.45, 7) is 6.98. The SMILES string of the molecule is CC(C)c1ccccc1OCCN(C)[C@H]1C[C@H]2CC(=O)N(C)C[C@H]2C1. The minimum absolute atomic E-state index is 0.318. The number of amides is 1. The lowest BCUT2D eigenvalue weighted by Crippen LogP contribution is -2.39. The highest BCUT2D eigenvalue weighted by molar-refractivity contribution is 5.77. The van der Waals surface area contributed by atoms with Crippen LogP contribution in [-0.4, -0.2) is 55.5 Å². The number of hydrogen-bond acceptors (Lipinski definition) is 3. The van der Waals surface area contributed by atoms with Gasteiger partial charge in [0.15, 0.2) is 0 Å². The molecule has 1 saturated carbocycles. The van der Waals surface area contributed by atoms with E-state index in [1.165, 1.54) is 12.0 Å². The highest BCUT2D eigenvalue weighted by Gasteiger charge is 2.41. The number of fused-ring (bicyclic) bond motifs is 1. The molecule has 0 radical (unpaired) electrons. The maximum atomic E-state index is 11.9. The van der Waals surface area contributed by atoms with E-state index in [0.717, 1.165) is 31.7 Å². The molecule has 3 rings (SSSR count). The number of piperidine rings is 1. The summed E-state index contributed by atoms with van der Waals surface area (Å²) < 4.78 is 6.08. The van der Waals surface area contributed by atoms with E-state index in [2.05, 4.69) is 44.0 Å². The molecule has 138 valence electrons. The first-order valence-electron chi connectivity index (χ1n) is 9.61. The van der Waals surface area contributed by atoms with Crippen LogP contribution in [0.25, 0.3) is 0 Å². The lowest BCUT2D eigenvalue weighted by atomic mass is 9.88. The van der Waals surface area contributed by atoms with Gasteiger partial charge in [-0.15, -0.1) is 0 Å². The second kappa shape index (κ2) is 7.77. The van der Waals surface area contributed by atoms with Crippen LogP contribution >= 0.6 is 0 Å². The minimum Gasteiger partial charge on any atom is -0.492 e. The molecule has 1 aromatic carbocycles. The lowest BCUT2D eigenvalue weighted by molar-refractivity contribution is -0.134. The first-order chi connectivity index (χ1) is 12.0. The summed E-state index contributed by atoms with van der Waals surface area (Å²) >= 11 is 0. The zero-order valence-corrected chi connectivity index (χ0v) is 16.1. The van der Waals surface area contributed by atoms with Gasteiger partial charge in [0.2, 0.25) is 5.91 Å². The number of nitrogens with zero attached hydrogens (tertiary/aromatic N) is 2. The summed E-state index contributed by atoms with van der Waals surface area (Å²) in [5.41, 5.74) is 1.28. The molecule has 0 unspecified atom stereocenters. The average molecular weight is 344 g/mol. The highest BCUT2D eigenvalue weighted by Crippen LogP contribution is 2.39. The van der Waals surface area contributed by atoms with Gasteiger partial charge in [0.1, 0.15) is 12.4 Å². The number of carbonyl (C=O) groups excluding carboxylic acids is 1. The molecular formula is C21H32N2O2. The van der Waals surface area contributed by atoms with Crippen LogP contribution in [0.3, 0.4) is 0 Å². The van der Waals surface area contributed by atoms with Crippen LogP contribution in [-0.2, 0) is 4.79 Å². The third kappa shape index (κ3) is 4.17. The van der Waals surface area contributed by atoms with Gasteiger partial charge >= 0.3 is 0 Å². The maximum Gasteiger partial charge on any atom is 0.222 e. The zero-order valence-electron chi connectivity index (χ0n) is 16.1. The second-order valence-electron chi connectivity index (χ2n) is 8.15. The normalized spacial score (nSPS) is 26.4. The van der Waals surface area contributed by atoms with Gasteiger partial charge in [-0.2, -0.15) is 0 Å². The van der Waals surface area contributed by atoms with Gasteiger partial charge < -0.3 is 14.5 Å². The molecule has 4 nitrogen and oxygen atoms in total. The molecule has 0 bridgehead atoms. The number of benzene rings is 1. The number of rotatable bonds is 6. The van der Waals surface area contributed by atoms with E-state index < -0.39 is 0 Å². The van der Waals surface area contributed by atoms with Crippen LogP contribution in [0, 0.1) is 11.8 Å². The molecule has 1 heterocycles. The van der Waals surface area contributed by atoms with Crippen molar-refractivity contribution < 1.29 is 9.53 Å². The van der Waals surface area contributed by atoms with Gasteiger partial charge in [-0.1, -0.05) is 32.0 Å². The third-order valence-corrected chi connectivity index (χ3v) is 6.05. The van der Waals surface area contributed by atoms with Crippen molar-refractivity contribution in [3.63, 3.8) is 0 Å². The molecule has 0 N–H and O–H groups in total. The molecule has 1 aliphatic heterocycles. The molecule has 4 heteroatoms. The fourth-order valence-electron chi connectivity index (χ4n) is 4.42. The van der Waals surface area contributed by atoms with Gasteiger partial charge in [-0.25, -0.2) is 0 Å². The fourth-order valence-corrected chi connectivity index (χ4v) is 4.42. The maximum absolute atomic E-state index is 11.9. The Morgan fingerprint density at radius 3 is 2.72 bits per heavy atom. The molecule has 3 atom stereocenters. The highest BCUT2D eigenvalue weighted by atomic mass is 16.5. The molecule has 1 saturated heterocycles. The number of likely N-dealkylation sites (tertiary alicyclic amines) is 1. The fraction of sp³-hybridized carbons (Fsp3) is 0.667. The lowest BCUT2D eigenvalue weighted by Gasteiger charge is -2.31. The summed E-state index contributed by atoms with van der Waals surface area (Å²) in [7, 11) is 4.14. The molecule has 2 aliphatic rings. The van der Waals surface area contributed by atoms with Crippen molar-refractivity contribution in [3.8, 4) is 5.75 Å². The summed E-state index contributed by atoms with van der Waals surface area (Å²) in [5, 5.41) is 0. The number of para-hydroxylation sites is 1. The minimum atomic E-state index is 0.318. The number of carbonyl (C=O) groups is 1. The van der Waals surface area contributed by atoms with Crippen molar-refractivity contribution in [2.24, 2.45) is 11.8 Å². The van der Waals surface area contributed by atoms with E-state index in [4.69, 9.17) is 4.74 Å². The summed E-state index contributed by atoms with van der Waals surface area (Å²) in [6, 6.07) is 8.92. The molecule has 1 aliphatic carbocycles. The van der Waals surface area contributed by atoms with Crippen LogP contribution in [0.1, 0.15) is 44.6 Å². The van der Waals surface area contributed by atoms with Crippen LogP contribution in [0.2, 0.25) is 0 Å². The Balaban J connectivity index is 1.49. The van der Waals surface area contributed by atoms with Crippen LogP contribution < -0.4 is 4.74 Å². The Hall–Kier alpha value is -1.55. The van der Waals surface area contributed by atoms with Crippen molar-refractivity contribution in [3.05, 3.63) is 29.8 Å². The van der Waals surface area contributed by atoms with Crippen molar-refractivity contribution >= 4 is 5.91 Å². The third-order valence-electron chi connectivity index (χ3n) is 6.05. The van der Waals surface area contributed by atoms with E-state index in [1.54, 1.807) is 0 Å². The molecule has 1 aromatic rings. The quantitative estimate of drug-likeness (QED) is 0.793. The van der Waals surface area contributed by atoms with E-state index in [1.807, 2.05) is 18.0 Å². The molecule has 25 heavy (non-hydrogen) atoms. The largest absolute Gasteiger partial charge is 0.492 e. The van der Waals surface area contributed by atoms with Crippen LogP contribution in [0.4, 0.5) is 0 Å². The Labute approximate surface area is 152 Å². The molecule has 1 amide bonds. The van der Waals surface area contributed by atoms with E-state index in [9.17, 15) is 4.79 Å². The Morgan fingerprint density at radius 2 is 1.96 bits per heavy atom. The monoisotopic (exact) mass is 344 g/mol. The van der Waals surface area contributed by atoms with Gasteiger partial charge in [0.05, 0.1) is 0 Å². The average Bonchev–Trinajstić information content (AvgIpc) is 2.98. The topological polar surface area (TPSA) is 32.8 Å².